The van der Waals surface area contributed by atoms with Crippen LogP contribution in [0.2, 0.25) is 0 Å². The molecule has 3 heterocycles. The Hall–Kier alpha value is -2.15. The molecule has 1 aromatic carbocycles. The molecule has 1 fully saturated rings. The van der Waals surface area contributed by atoms with Gasteiger partial charge in [-0.1, -0.05) is 23.9 Å². The molecule has 1 saturated heterocycles. The molecule has 1 aliphatic rings. The molecule has 0 bridgehead atoms. The molecule has 0 spiro atoms. The van der Waals surface area contributed by atoms with Gasteiger partial charge in [0.25, 0.3) is 0 Å². The van der Waals surface area contributed by atoms with E-state index in [9.17, 15) is 4.79 Å². The Labute approximate surface area is 150 Å². The summed E-state index contributed by atoms with van der Waals surface area (Å²) >= 11 is 1.44. The molecule has 6 nitrogen and oxygen atoms in total. The van der Waals surface area contributed by atoms with Crippen molar-refractivity contribution >= 4 is 34.2 Å². The lowest BCUT2D eigenvalue weighted by atomic mass is 10.0. The minimum Gasteiger partial charge on any atom is -0.339 e. The Balaban J connectivity index is 1.63. The second kappa shape index (κ2) is 6.63. The number of amides is 1. The normalized spacial score (nSPS) is 18.2. The molecule has 25 heavy (non-hydrogen) atoms. The fourth-order valence-electron chi connectivity index (χ4n) is 3.40. The van der Waals surface area contributed by atoms with Crippen LogP contribution >= 0.6 is 11.8 Å². The zero-order valence-electron chi connectivity index (χ0n) is 14.5. The van der Waals surface area contributed by atoms with Gasteiger partial charge in [-0.2, -0.15) is 4.52 Å². The maximum absolute atomic E-state index is 12.6. The van der Waals surface area contributed by atoms with Crippen molar-refractivity contribution in [3.63, 3.8) is 0 Å². The van der Waals surface area contributed by atoms with Gasteiger partial charge in [-0.25, -0.2) is 9.97 Å². The molecule has 1 aliphatic heterocycles. The zero-order chi connectivity index (χ0) is 17.4. The van der Waals surface area contributed by atoms with Gasteiger partial charge in [0.15, 0.2) is 10.8 Å². The molecule has 0 N–H and O–H groups in total. The predicted molar refractivity (Wildman–Crippen MR) is 98.8 cm³/mol. The van der Waals surface area contributed by atoms with E-state index >= 15 is 0 Å². The van der Waals surface area contributed by atoms with Crippen LogP contribution in [0.1, 0.15) is 32.0 Å². The van der Waals surface area contributed by atoms with E-state index in [2.05, 4.69) is 17.0 Å². The van der Waals surface area contributed by atoms with Crippen LogP contribution in [0, 0.1) is 6.92 Å². The average Bonchev–Trinajstić information content (AvgIpc) is 3.01. The fourth-order valence-corrected chi connectivity index (χ4v) is 4.24. The van der Waals surface area contributed by atoms with Gasteiger partial charge < -0.3 is 4.90 Å². The third kappa shape index (κ3) is 3.08. The number of hydrogen-bond acceptors (Lipinski definition) is 5. The summed E-state index contributed by atoms with van der Waals surface area (Å²) in [5, 5.41) is 6.16. The van der Waals surface area contributed by atoms with E-state index in [-0.39, 0.29) is 5.91 Å². The van der Waals surface area contributed by atoms with Crippen molar-refractivity contribution in [1.29, 1.82) is 0 Å². The highest BCUT2D eigenvalue weighted by Gasteiger charge is 2.23. The van der Waals surface area contributed by atoms with E-state index in [1.54, 1.807) is 4.52 Å². The van der Waals surface area contributed by atoms with Crippen LogP contribution in [0.3, 0.4) is 0 Å². The van der Waals surface area contributed by atoms with E-state index in [0.717, 1.165) is 35.9 Å². The number of rotatable bonds is 3. The number of thioether (sulfide) groups is 1. The summed E-state index contributed by atoms with van der Waals surface area (Å²) in [6.07, 6.45) is 3.40. The monoisotopic (exact) mass is 355 g/mol. The van der Waals surface area contributed by atoms with Crippen molar-refractivity contribution in [3.05, 3.63) is 30.1 Å². The van der Waals surface area contributed by atoms with Crippen LogP contribution in [-0.2, 0) is 4.79 Å². The van der Waals surface area contributed by atoms with Crippen LogP contribution in [0.25, 0.3) is 16.6 Å². The minimum atomic E-state index is 0.178. The molecule has 0 aliphatic carbocycles. The Morgan fingerprint density at radius 3 is 2.96 bits per heavy atom. The third-order valence-electron chi connectivity index (χ3n) is 4.70. The molecule has 2 aromatic heterocycles. The summed E-state index contributed by atoms with van der Waals surface area (Å²) in [5.41, 5.74) is 1.67. The van der Waals surface area contributed by atoms with Crippen LogP contribution in [0.4, 0.5) is 0 Å². The van der Waals surface area contributed by atoms with Crippen LogP contribution < -0.4 is 0 Å². The highest BCUT2D eigenvalue weighted by Crippen LogP contribution is 2.25. The summed E-state index contributed by atoms with van der Waals surface area (Å²) in [7, 11) is 0. The molecule has 130 valence electrons. The van der Waals surface area contributed by atoms with E-state index in [4.69, 9.17) is 4.98 Å². The lowest BCUT2D eigenvalue weighted by Crippen LogP contribution is -2.43. The molecule has 0 unspecified atom stereocenters. The first-order chi connectivity index (χ1) is 12.1. The van der Waals surface area contributed by atoms with E-state index < -0.39 is 0 Å². The Morgan fingerprint density at radius 2 is 2.12 bits per heavy atom. The summed E-state index contributed by atoms with van der Waals surface area (Å²) in [6, 6.07) is 8.24. The maximum Gasteiger partial charge on any atom is 0.233 e. The first kappa shape index (κ1) is 16.3. The zero-order valence-corrected chi connectivity index (χ0v) is 15.3. The fraction of sp³-hybridized carbons (Fsp3) is 0.444. The number of benzene rings is 1. The first-order valence-corrected chi connectivity index (χ1v) is 9.66. The van der Waals surface area contributed by atoms with Crippen molar-refractivity contribution in [2.45, 2.75) is 44.3 Å². The number of aromatic nitrogens is 4. The molecule has 4 rings (SSSR count). The highest BCUT2D eigenvalue weighted by molar-refractivity contribution is 7.99. The summed E-state index contributed by atoms with van der Waals surface area (Å²) in [4.78, 5) is 23.9. The van der Waals surface area contributed by atoms with Gasteiger partial charge in [0.2, 0.25) is 5.91 Å². The number of hydrogen-bond donors (Lipinski definition) is 0. The highest BCUT2D eigenvalue weighted by atomic mass is 32.2. The SMILES string of the molecule is Cc1nc2c3ccccc3nc(SCC(=O)N3CCCC[C@H]3C)n2n1. The third-order valence-corrected chi connectivity index (χ3v) is 5.62. The summed E-state index contributed by atoms with van der Waals surface area (Å²) in [6.45, 7) is 4.87. The van der Waals surface area contributed by atoms with Gasteiger partial charge in [-0.05, 0) is 45.2 Å². The van der Waals surface area contributed by atoms with Crippen LogP contribution in [0.15, 0.2) is 29.4 Å². The lowest BCUT2D eigenvalue weighted by molar-refractivity contribution is -0.131. The number of piperidine rings is 1. The summed E-state index contributed by atoms with van der Waals surface area (Å²) < 4.78 is 1.76. The van der Waals surface area contributed by atoms with Crippen LogP contribution in [0.5, 0.6) is 0 Å². The number of likely N-dealkylation sites (tertiary alicyclic amines) is 1. The minimum absolute atomic E-state index is 0.178. The molecular formula is C18H21N5OS. The number of fused-ring (bicyclic) bond motifs is 3. The van der Waals surface area contributed by atoms with Crippen molar-refractivity contribution < 1.29 is 4.79 Å². The number of nitrogens with zero attached hydrogens (tertiary/aromatic N) is 5. The Bertz CT molecular complexity index is 938. The molecular weight excluding hydrogens is 334 g/mol. The van der Waals surface area contributed by atoms with Crippen molar-refractivity contribution in [3.8, 4) is 0 Å². The second-order valence-electron chi connectivity index (χ2n) is 6.53. The summed E-state index contributed by atoms with van der Waals surface area (Å²) in [5.74, 6) is 1.26. The molecule has 3 aromatic rings. The van der Waals surface area contributed by atoms with Crippen molar-refractivity contribution in [2.75, 3.05) is 12.3 Å². The molecule has 0 saturated carbocycles. The molecule has 7 heteroatoms. The standard InChI is InChI=1S/C18H21N5OS/c1-12-7-5-6-10-22(12)16(24)11-25-18-20-15-9-4-3-8-14(15)17-19-13(2)21-23(17)18/h3-4,8-9,12H,5-7,10-11H2,1-2H3/t12-/m1/s1. The number of para-hydroxylation sites is 1. The smallest absolute Gasteiger partial charge is 0.233 e. The largest absolute Gasteiger partial charge is 0.339 e. The van der Waals surface area contributed by atoms with Gasteiger partial charge >= 0.3 is 0 Å². The lowest BCUT2D eigenvalue weighted by Gasteiger charge is -2.33. The van der Waals surface area contributed by atoms with E-state index in [0.29, 0.717) is 22.8 Å². The molecule has 1 amide bonds. The Morgan fingerprint density at radius 1 is 1.28 bits per heavy atom. The molecule has 0 radical (unpaired) electrons. The van der Waals surface area contributed by atoms with Gasteiger partial charge in [0.1, 0.15) is 5.82 Å². The number of aryl methyl sites for hydroxylation is 1. The topological polar surface area (TPSA) is 63.4 Å². The van der Waals surface area contributed by atoms with Crippen LogP contribution in [-0.4, -0.2) is 48.7 Å². The van der Waals surface area contributed by atoms with Gasteiger partial charge in [-0.15, -0.1) is 5.10 Å². The number of carbonyl (C=O) groups excluding carboxylic acids is 1. The first-order valence-electron chi connectivity index (χ1n) is 8.68. The van der Waals surface area contributed by atoms with Crippen molar-refractivity contribution in [1.82, 2.24) is 24.5 Å². The van der Waals surface area contributed by atoms with Gasteiger partial charge in [0, 0.05) is 18.0 Å². The second-order valence-corrected chi connectivity index (χ2v) is 7.47. The van der Waals surface area contributed by atoms with Gasteiger partial charge in [-0.3, -0.25) is 4.79 Å². The van der Waals surface area contributed by atoms with Gasteiger partial charge in [0.05, 0.1) is 11.3 Å². The Kier molecular flexibility index (Phi) is 4.33. The van der Waals surface area contributed by atoms with E-state index in [1.807, 2.05) is 36.1 Å². The van der Waals surface area contributed by atoms with E-state index in [1.165, 1.54) is 18.2 Å². The number of carbonyl (C=O) groups is 1. The predicted octanol–water partition coefficient (Wildman–Crippen LogP) is 3.08. The average molecular weight is 355 g/mol. The van der Waals surface area contributed by atoms with Crippen molar-refractivity contribution in [2.24, 2.45) is 0 Å². The maximum atomic E-state index is 12.6. The quantitative estimate of drug-likeness (QED) is 0.534. The molecule has 1 atom stereocenters.